The third-order valence-corrected chi connectivity index (χ3v) is 3.78. The van der Waals surface area contributed by atoms with Crippen LogP contribution in [-0.2, 0) is 6.42 Å². The van der Waals surface area contributed by atoms with Crippen LogP contribution in [-0.4, -0.2) is 18.1 Å². The average Bonchev–Trinajstić information content (AvgIpc) is 2.90. The molecule has 3 nitrogen and oxygen atoms in total. The zero-order valence-corrected chi connectivity index (χ0v) is 11.7. The van der Waals surface area contributed by atoms with Crippen LogP contribution in [0.2, 0.25) is 0 Å². The van der Waals surface area contributed by atoms with Crippen molar-refractivity contribution in [3.8, 4) is 0 Å². The number of carbonyl (C=O) groups excluding carboxylic acids is 1. The topological polar surface area (TPSA) is 41.1 Å². The number of rotatable bonds is 5. The molecule has 1 aromatic carbocycles. The second-order valence-electron chi connectivity index (χ2n) is 5.52. The van der Waals surface area contributed by atoms with Gasteiger partial charge in [0.05, 0.1) is 0 Å². The molecule has 0 unspecified atom stereocenters. The predicted octanol–water partition coefficient (Wildman–Crippen LogP) is 3.25. The van der Waals surface area contributed by atoms with Crippen LogP contribution in [0.4, 0.5) is 4.79 Å². The molecule has 0 spiro atoms. The minimum Gasteiger partial charge on any atom is -0.336 e. The molecular weight excluding hydrogens is 236 g/mol. The van der Waals surface area contributed by atoms with Gasteiger partial charge in [0.2, 0.25) is 0 Å². The fourth-order valence-corrected chi connectivity index (χ4v) is 2.62. The Morgan fingerprint density at radius 2 is 1.95 bits per heavy atom. The maximum Gasteiger partial charge on any atom is 0.315 e. The molecule has 19 heavy (non-hydrogen) atoms. The highest BCUT2D eigenvalue weighted by molar-refractivity contribution is 5.74. The summed E-state index contributed by atoms with van der Waals surface area (Å²) in [6.45, 7) is 2.07. The molecule has 0 saturated heterocycles. The van der Waals surface area contributed by atoms with E-state index in [9.17, 15) is 4.79 Å². The molecule has 2 N–H and O–H groups in total. The number of hydrogen-bond donors (Lipinski definition) is 2. The van der Waals surface area contributed by atoms with E-state index in [-0.39, 0.29) is 12.1 Å². The number of nitrogens with one attached hydrogen (secondary N) is 2. The first-order valence-electron chi connectivity index (χ1n) is 7.35. The Hall–Kier alpha value is -1.51. The highest BCUT2D eigenvalue weighted by Gasteiger charge is 2.17. The fourth-order valence-electron chi connectivity index (χ4n) is 2.62. The molecule has 0 aliphatic heterocycles. The van der Waals surface area contributed by atoms with Crippen LogP contribution in [0.5, 0.6) is 0 Å². The van der Waals surface area contributed by atoms with E-state index < -0.39 is 0 Å². The Kier molecular flexibility index (Phi) is 5.25. The van der Waals surface area contributed by atoms with Crippen LogP contribution in [0.3, 0.4) is 0 Å². The number of hydrogen-bond acceptors (Lipinski definition) is 1. The van der Waals surface area contributed by atoms with E-state index in [4.69, 9.17) is 0 Å². The summed E-state index contributed by atoms with van der Waals surface area (Å²) in [6.07, 6.45) is 6.73. The number of carbonyl (C=O) groups is 1. The Bertz CT molecular complexity index is 385. The lowest BCUT2D eigenvalue weighted by Crippen LogP contribution is -2.44. The summed E-state index contributed by atoms with van der Waals surface area (Å²) in [4.78, 5) is 11.8. The lowest BCUT2D eigenvalue weighted by atomic mass is 10.1. The van der Waals surface area contributed by atoms with Crippen molar-refractivity contribution in [2.24, 2.45) is 0 Å². The van der Waals surface area contributed by atoms with Crippen LogP contribution in [0.15, 0.2) is 30.3 Å². The van der Waals surface area contributed by atoms with Gasteiger partial charge in [0.25, 0.3) is 0 Å². The van der Waals surface area contributed by atoms with E-state index in [1.54, 1.807) is 0 Å². The molecule has 0 aromatic heterocycles. The molecule has 0 heterocycles. The Morgan fingerprint density at radius 3 is 2.63 bits per heavy atom. The summed E-state index contributed by atoms with van der Waals surface area (Å²) in [7, 11) is 0. The van der Waals surface area contributed by atoms with Crippen molar-refractivity contribution < 1.29 is 4.79 Å². The van der Waals surface area contributed by atoms with Gasteiger partial charge in [-0.2, -0.15) is 0 Å². The van der Waals surface area contributed by atoms with Crippen molar-refractivity contribution >= 4 is 6.03 Å². The first-order chi connectivity index (χ1) is 9.24. The van der Waals surface area contributed by atoms with Crippen molar-refractivity contribution in [3.63, 3.8) is 0 Å². The fraction of sp³-hybridized carbons (Fsp3) is 0.562. The SMILES string of the molecule is C[C@@H](CCc1ccccc1)NC(=O)NC1CCCC1. The Balaban J connectivity index is 1.65. The predicted molar refractivity (Wildman–Crippen MR) is 78.1 cm³/mol. The van der Waals surface area contributed by atoms with Gasteiger partial charge in [-0.3, -0.25) is 0 Å². The van der Waals surface area contributed by atoms with Crippen LogP contribution in [0.1, 0.15) is 44.6 Å². The van der Waals surface area contributed by atoms with E-state index >= 15 is 0 Å². The molecule has 2 rings (SSSR count). The summed E-state index contributed by atoms with van der Waals surface area (Å²) in [5, 5.41) is 6.08. The zero-order valence-electron chi connectivity index (χ0n) is 11.7. The van der Waals surface area contributed by atoms with E-state index in [0.29, 0.717) is 6.04 Å². The van der Waals surface area contributed by atoms with Crippen molar-refractivity contribution in [1.82, 2.24) is 10.6 Å². The summed E-state index contributed by atoms with van der Waals surface area (Å²) < 4.78 is 0. The standard InChI is InChI=1S/C16H24N2O/c1-13(11-12-14-7-3-2-4-8-14)17-16(19)18-15-9-5-6-10-15/h2-4,7-8,13,15H,5-6,9-12H2,1H3,(H2,17,18,19)/t13-/m0/s1. The van der Waals surface area contributed by atoms with Gasteiger partial charge in [0.15, 0.2) is 0 Å². The normalized spacial score (nSPS) is 17.1. The van der Waals surface area contributed by atoms with Crippen LogP contribution in [0, 0.1) is 0 Å². The molecule has 0 bridgehead atoms. The van der Waals surface area contributed by atoms with Crippen molar-refractivity contribution in [3.05, 3.63) is 35.9 Å². The van der Waals surface area contributed by atoms with Crippen molar-refractivity contribution in [2.75, 3.05) is 0 Å². The third kappa shape index (κ3) is 4.93. The van der Waals surface area contributed by atoms with Crippen molar-refractivity contribution in [2.45, 2.75) is 57.5 Å². The third-order valence-electron chi connectivity index (χ3n) is 3.78. The Morgan fingerprint density at radius 1 is 1.26 bits per heavy atom. The Labute approximate surface area is 115 Å². The number of urea groups is 1. The first kappa shape index (κ1) is 13.9. The van der Waals surface area contributed by atoms with E-state index in [0.717, 1.165) is 25.7 Å². The molecule has 1 aliphatic carbocycles. The van der Waals surface area contributed by atoms with Gasteiger partial charge < -0.3 is 10.6 Å². The maximum atomic E-state index is 11.8. The maximum absolute atomic E-state index is 11.8. The molecule has 1 saturated carbocycles. The van der Waals surface area contributed by atoms with E-state index in [1.807, 2.05) is 6.07 Å². The van der Waals surface area contributed by atoms with Gasteiger partial charge in [-0.25, -0.2) is 4.79 Å². The summed E-state index contributed by atoms with van der Waals surface area (Å²) in [6, 6.07) is 11.0. The zero-order chi connectivity index (χ0) is 13.5. The van der Waals surface area contributed by atoms with Gasteiger partial charge in [-0.1, -0.05) is 43.2 Å². The largest absolute Gasteiger partial charge is 0.336 e. The molecule has 0 radical (unpaired) electrons. The van der Waals surface area contributed by atoms with Gasteiger partial charge in [-0.15, -0.1) is 0 Å². The van der Waals surface area contributed by atoms with Crippen LogP contribution < -0.4 is 10.6 Å². The van der Waals surface area contributed by atoms with Gasteiger partial charge in [-0.05, 0) is 38.2 Å². The lowest BCUT2D eigenvalue weighted by molar-refractivity contribution is 0.233. The van der Waals surface area contributed by atoms with Gasteiger partial charge >= 0.3 is 6.03 Å². The summed E-state index contributed by atoms with van der Waals surface area (Å²) in [5.41, 5.74) is 1.33. The first-order valence-corrected chi connectivity index (χ1v) is 7.35. The molecule has 1 atom stereocenters. The monoisotopic (exact) mass is 260 g/mol. The number of aryl methyl sites for hydroxylation is 1. The van der Waals surface area contributed by atoms with Crippen molar-refractivity contribution in [1.29, 1.82) is 0 Å². The summed E-state index contributed by atoms with van der Waals surface area (Å²) >= 11 is 0. The quantitative estimate of drug-likeness (QED) is 0.838. The second-order valence-corrected chi connectivity index (χ2v) is 5.52. The van der Waals surface area contributed by atoms with Crippen LogP contribution >= 0.6 is 0 Å². The molecule has 1 aromatic rings. The van der Waals surface area contributed by atoms with Gasteiger partial charge in [0.1, 0.15) is 0 Å². The molecular formula is C16H24N2O. The number of benzene rings is 1. The average molecular weight is 260 g/mol. The molecule has 3 heteroatoms. The minimum absolute atomic E-state index is 0.00698. The van der Waals surface area contributed by atoms with E-state index in [2.05, 4.69) is 41.8 Å². The smallest absolute Gasteiger partial charge is 0.315 e. The molecule has 1 fully saturated rings. The molecule has 2 amide bonds. The second kappa shape index (κ2) is 7.17. The molecule has 1 aliphatic rings. The molecule has 104 valence electrons. The summed E-state index contributed by atoms with van der Waals surface area (Å²) in [5.74, 6) is 0. The van der Waals surface area contributed by atoms with E-state index in [1.165, 1.54) is 18.4 Å². The lowest BCUT2D eigenvalue weighted by Gasteiger charge is -2.17. The van der Waals surface area contributed by atoms with Gasteiger partial charge in [0, 0.05) is 12.1 Å². The minimum atomic E-state index is -0.00698. The van der Waals surface area contributed by atoms with Crippen LogP contribution in [0.25, 0.3) is 0 Å². The highest BCUT2D eigenvalue weighted by atomic mass is 16.2. The highest BCUT2D eigenvalue weighted by Crippen LogP contribution is 2.17. The number of amides is 2.